The quantitative estimate of drug-likeness (QED) is 0.766. The van der Waals surface area contributed by atoms with Crippen molar-refractivity contribution in [3.63, 3.8) is 0 Å². The van der Waals surface area contributed by atoms with Crippen molar-refractivity contribution in [3.8, 4) is 5.75 Å². The molecule has 1 rings (SSSR count). The van der Waals surface area contributed by atoms with Crippen molar-refractivity contribution in [2.75, 3.05) is 20.8 Å². The zero-order chi connectivity index (χ0) is 12.0. The van der Waals surface area contributed by atoms with E-state index in [9.17, 15) is 4.79 Å². The number of hydrogen-bond donors (Lipinski definition) is 1. The lowest BCUT2D eigenvalue weighted by molar-refractivity contribution is 0.0597. The van der Waals surface area contributed by atoms with E-state index in [4.69, 9.17) is 15.2 Å². The Morgan fingerprint density at radius 2 is 2.12 bits per heavy atom. The molecule has 0 amide bonds. The monoisotopic (exact) mass is 223 g/mol. The number of carbonyl (C=O) groups is 1. The van der Waals surface area contributed by atoms with Crippen LogP contribution in [0.5, 0.6) is 5.75 Å². The van der Waals surface area contributed by atoms with E-state index in [1.807, 2.05) is 6.07 Å². The van der Waals surface area contributed by atoms with E-state index in [2.05, 4.69) is 0 Å². The molecule has 0 saturated carbocycles. The molecule has 16 heavy (non-hydrogen) atoms. The molecule has 0 aliphatic rings. The molecule has 1 aromatic carbocycles. The number of benzene rings is 1. The van der Waals surface area contributed by atoms with Gasteiger partial charge in [0.15, 0.2) is 0 Å². The Labute approximate surface area is 95.3 Å². The van der Waals surface area contributed by atoms with Crippen LogP contribution in [0.2, 0.25) is 0 Å². The van der Waals surface area contributed by atoms with Crippen molar-refractivity contribution < 1.29 is 14.3 Å². The predicted octanol–water partition coefficient (Wildman–Crippen LogP) is 1.37. The Balaban J connectivity index is 2.96. The van der Waals surface area contributed by atoms with Gasteiger partial charge in [0.25, 0.3) is 0 Å². The zero-order valence-corrected chi connectivity index (χ0v) is 9.66. The van der Waals surface area contributed by atoms with Crippen LogP contribution in [0.3, 0.4) is 0 Å². The Morgan fingerprint density at radius 3 is 2.69 bits per heavy atom. The Bertz CT molecular complexity index is 363. The fourth-order valence-corrected chi connectivity index (χ4v) is 1.49. The third-order valence-electron chi connectivity index (χ3n) is 2.34. The van der Waals surface area contributed by atoms with Gasteiger partial charge in [-0.1, -0.05) is 6.07 Å². The molecule has 0 aromatic heterocycles. The van der Waals surface area contributed by atoms with Crippen LogP contribution in [-0.2, 0) is 11.2 Å². The minimum Gasteiger partial charge on any atom is -0.496 e. The van der Waals surface area contributed by atoms with E-state index >= 15 is 0 Å². The molecule has 0 spiro atoms. The molecule has 0 radical (unpaired) electrons. The first kappa shape index (κ1) is 12.5. The molecule has 0 heterocycles. The molecular weight excluding hydrogens is 206 g/mol. The van der Waals surface area contributed by atoms with Crippen molar-refractivity contribution in [2.45, 2.75) is 12.8 Å². The fraction of sp³-hybridized carbons (Fsp3) is 0.417. The van der Waals surface area contributed by atoms with Crippen LogP contribution in [0.4, 0.5) is 0 Å². The van der Waals surface area contributed by atoms with E-state index in [0.717, 1.165) is 18.4 Å². The maximum absolute atomic E-state index is 11.5. The number of esters is 1. The van der Waals surface area contributed by atoms with Gasteiger partial charge >= 0.3 is 5.97 Å². The number of nitrogens with two attached hydrogens (primary N) is 1. The standard InChI is InChI=1S/C12H17NO3/c1-15-11-6-5-9(4-3-7-13)8-10(11)12(14)16-2/h5-6,8H,3-4,7,13H2,1-2H3. The van der Waals surface area contributed by atoms with Crippen LogP contribution in [-0.4, -0.2) is 26.7 Å². The Kier molecular flexibility index (Phi) is 4.79. The van der Waals surface area contributed by atoms with Gasteiger partial charge < -0.3 is 15.2 Å². The minimum absolute atomic E-state index is 0.383. The highest BCUT2D eigenvalue weighted by molar-refractivity contribution is 5.92. The largest absolute Gasteiger partial charge is 0.496 e. The van der Waals surface area contributed by atoms with Gasteiger partial charge in [0.05, 0.1) is 14.2 Å². The van der Waals surface area contributed by atoms with Gasteiger partial charge in [0, 0.05) is 0 Å². The lowest BCUT2D eigenvalue weighted by Crippen LogP contribution is -2.06. The molecule has 0 aliphatic carbocycles. The van der Waals surface area contributed by atoms with Crippen LogP contribution in [0.25, 0.3) is 0 Å². The third-order valence-corrected chi connectivity index (χ3v) is 2.34. The van der Waals surface area contributed by atoms with Crippen LogP contribution in [0, 0.1) is 0 Å². The summed E-state index contributed by atoms with van der Waals surface area (Å²) in [7, 11) is 2.88. The van der Waals surface area contributed by atoms with Crippen LogP contribution in [0.15, 0.2) is 18.2 Å². The van der Waals surface area contributed by atoms with Crippen molar-refractivity contribution >= 4 is 5.97 Å². The summed E-state index contributed by atoms with van der Waals surface area (Å²) >= 11 is 0. The molecule has 0 unspecified atom stereocenters. The average Bonchev–Trinajstić information content (AvgIpc) is 2.35. The Hall–Kier alpha value is -1.55. The summed E-state index contributed by atoms with van der Waals surface area (Å²) in [6.07, 6.45) is 1.75. The maximum atomic E-state index is 11.5. The van der Waals surface area contributed by atoms with Crippen molar-refractivity contribution in [3.05, 3.63) is 29.3 Å². The maximum Gasteiger partial charge on any atom is 0.341 e. The first-order chi connectivity index (χ1) is 7.72. The van der Waals surface area contributed by atoms with Crippen molar-refractivity contribution in [1.82, 2.24) is 0 Å². The number of aryl methyl sites for hydroxylation is 1. The molecule has 0 bridgehead atoms. The SMILES string of the molecule is COC(=O)c1cc(CCCN)ccc1OC. The minimum atomic E-state index is -0.383. The molecule has 1 aromatic rings. The molecule has 88 valence electrons. The molecule has 4 heteroatoms. The van der Waals surface area contributed by atoms with E-state index < -0.39 is 0 Å². The van der Waals surface area contributed by atoms with Crippen LogP contribution in [0.1, 0.15) is 22.3 Å². The number of ether oxygens (including phenoxy) is 2. The molecule has 0 aliphatic heterocycles. The summed E-state index contributed by atoms with van der Waals surface area (Å²) in [5, 5.41) is 0. The molecule has 2 N–H and O–H groups in total. The first-order valence-electron chi connectivity index (χ1n) is 5.18. The number of hydrogen-bond acceptors (Lipinski definition) is 4. The highest BCUT2D eigenvalue weighted by atomic mass is 16.5. The second-order valence-electron chi connectivity index (χ2n) is 3.42. The summed E-state index contributed by atoms with van der Waals surface area (Å²) in [4.78, 5) is 11.5. The first-order valence-corrected chi connectivity index (χ1v) is 5.18. The fourth-order valence-electron chi connectivity index (χ4n) is 1.49. The molecule has 0 saturated heterocycles. The zero-order valence-electron chi connectivity index (χ0n) is 9.66. The highest BCUT2D eigenvalue weighted by Crippen LogP contribution is 2.21. The lowest BCUT2D eigenvalue weighted by Gasteiger charge is -2.08. The van der Waals surface area contributed by atoms with Gasteiger partial charge in [0.2, 0.25) is 0 Å². The Morgan fingerprint density at radius 1 is 1.38 bits per heavy atom. The average molecular weight is 223 g/mol. The van der Waals surface area contributed by atoms with E-state index in [1.165, 1.54) is 14.2 Å². The topological polar surface area (TPSA) is 61.5 Å². The van der Waals surface area contributed by atoms with E-state index in [1.54, 1.807) is 12.1 Å². The van der Waals surface area contributed by atoms with Gasteiger partial charge in [-0.2, -0.15) is 0 Å². The second kappa shape index (κ2) is 6.12. The molecular formula is C12H17NO3. The summed E-state index contributed by atoms with van der Waals surface area (Å²) in [6.45, 7) is 0.638. The van der Waals surface area contributed by atoms with Gasteiger partial charge in [-0.05, 0) is 37.1 Å². The normalized spacial score (nSPS) is 9.94. The van der Waals surface area contributed by atoms with Crippen LogP contribution >= 0.6 is 0 Å². The van der Waals surface area contributed by atoms with E-state index in [0.29, 0.717) is 17.9 Å². The van der Waals surface area contributed by atoms with Gasteiger partial charge in [-0.25, -0.2) is 4.79 Å². The summed E-state index contributed by atoms with van der Waals surface area (Å²) in [5.41, 5.74) is 6.96. The number of methoxy groups -OCH3 is 2. The predicted molar refractivity (Wildman–Crippen MR) is 61.7 cm³/mol. The lowest BCUT2D eigenvalue weighted by atomic mass is 10.1. The molecule has 0 fully saturated rings. The summed E-state index contributed by atoms with van der Waals surface area (Å²) in [5.74, 6) is 0.148. The van der Waals surface area contributed by atoms with Gasteiger partial charge in [0.1, 0.15) is 11.3 Å². The van der Waals surface area contributed by atoms with E-state index in [-0.39, 0.29) is 5.97 Å². The van der Waals surface area contributed by atoms with Crippen LogP contribution < -0.4 is 10.5 Å². The smallest absolute Gasteiger partial charge is 0.341 e. The van der Waals surface area contributed by atoms with Gasteiger partial charge in [-0.15, -0.1) is 0 Å². The number of rotatable bonds is 5. The van der Waals surface area contributed by atoms with Gasteiger partial charge in [-0.3, -0.25) is 0 Å². The second-order valence-corrected chi connectivity index (χ2v) is 3.42. The third kappa shape index (κ3) is 2.97. The highest BCUT2D eigenvalue weighted by Gasteiger charge is 2.12. The molecule has 0 atom stereocenters. The number of carbonyl (C=O) groups excluding carboxylic acids is 1. The summed E-state index contributed by atoms with van der Waals surface area (Å²) < 4.78 is 9.80. The van der Waals surface area contributed by atoms with Crippen molar-refractivity contribution in [2.24, 2.45) is 5.73 Å². The molecule has 4 nitrogen and oxygen atoms in total. The van der Waals surface area contributed by atoms with Crippen molar-refractivity contribution in [1.29, 1.82) is 0 Å². The summed E-state index contributed by atoms with van der Waals surface area (Å²) in [6, 6.07) is 5.50.